The van der Waals surface area contributed by atoms with Gasteiger partial charge in [0.25, 0.3) is 5.56 Å². The third-order valence-electron chi connectivity index (χ3n) is 4.48. The van der Waals surface area contributed by atoms with Crippen LogP contribution in [0.1, 0.15) is 29.2 Å². The van der Waals surface area contributed by atoms with Crippen molar-refractivity contribution in [2.45, 2.75) is 33.7 Å². The van der Waals surface area contributed by atoms with E-state index in [1.54, 1.807) is 14.0 Å². The lowest BCUT2D eigenvalue weighted by Crippen LogP contribution is -2.30. The predicted octanol–water partition coefficient (Wildman–Crippen LogP) is 3.70. The van der Waals surface area contributed by atoms with E-state index in [4.69, 9.17) is 4.74 Å². The van der Waals surface area contributed by atoms with Gasteiger partial charge in [-0.2, -0.15) is 0 Å². The van der Waals surface area contributed by atoms with Crippen molar-refractivity contribution in [2.24, 2.45) is 0 Å². The van der Waals surface area contributed by atoms with Gasteiger partial charge in [0.15, 0.2) is 0 Å². The zero-order chi connectivity index (χ0) is 19.2. The highest BCUT2D eigenvalue weighted by Gasteiger charge is 2.24. The topological polar surface area (TPSA) is 81.4 Å². The minimum absolute atomic E-state index is 0.342. The average molecular weight is 372 g/mol. The van der Waals surface area contributed by atoms with Crippen molar-refractivity contribution in [3.8, 4) is 16.9 Å². The van der Waals surface area contributed by atoms with Crippen LogP contribution in [-0.2, 0) is 4.79 Å². The molecule has 0 aliphatic heterocycles. The Bertz CT molecular complexity index is 1080. The Balaban J connectivity index is 2.44. The highest BCUT2D eigenvalue weighted by atomic mass is 32.1. The third-order valence-corrected chi connectivity index (χ3v) is 5.48. The Morgan fingerprint density at radius 1 is 1.31 bits per heavy atom. The standard InChI is InChI=1S/C19H20N2O4S/c1-9-6-7-14(25-5)13(8-9)15-11(3)26-17-16(15)18(22)21(12(4)20-17)10(2)19(23)24/h6-8,10H,1-5H3,(H,23,24). The maximum Gasteiger partial charge on any atom is 0.326 e. The summed E-state index contributed by atoms with van der Waals surface area (Å²) in [6.45, 7) is 7.04. The van der Waals surface area contributed by atoms with E-state index in [1.165, 1.54) is 22.8 Å². The molecule has 1 N–H and O–H groups in total. The Morgan fingerprint density at radius 2 is 2.00 bits per heavy atom. The van der Waals surface area contributed by atoms with Gasteiger partial charge in [-0.1, -0.05) is 11.6 Å². The smallest absolute Gasteiger partial charge is 0.326 e. The van der Waals surface area contributed by atoms with Crippen molar-refractivity contribution >= 4 is 27.5 Å². The molecule has 2 heterocycles. The molecule has 0 saturated carbocycles. The number of carboxylic acid groups (broad SMARTS) is 1. The maximum absolute atomic E-state index is 13.2. The highest BCUT2D eigenvalue weighted by molar-refractivity contribution is 7.19. The molecule has 136 valence electrons. The van der Waals surface area contributed by atoms with Gasteiger partial charge < -0.3 is 9.84 Å². The second-order valence-electron chi connectivity index (χ2n) is 6.27. The number of aryl methyl sites for hydroxylation is 3. The third kappa shape index (κ3) is 2.78. The molecule has 1 atom stereocenters. The van der Waals surface area contributed by atoms with Crippen LogP contribution in [0.3, 0.4) is 0 Å². The normalized spacial score (nSPS) is 12.3. The number of nitrogens with zero attached hydrogens (tertiary/aromatic N) is 2. The summed E-state index contributed by atoms with van der Waals surface area (Å²) in [6.07, 6.45) is 0. The number of ether oxygens (including phenoxy) is 1. The van der Waals surface area contributed by atoms with Crippen molar-refractivity contribution in [1.82, 2.24) is 9.55 Å². The molecule has 0 fully saturated rings. The van der Waals surface area contributed by atoms with Crippen molar-refractivity contribution in [1.29, 1.82) is 0 Å². The number of methoxy groups -OCH3 is 1. The molecule has 0 radical (unpaired) electrons. The zero-order valence-corrected chi connectivity index (χ0v) is 16.1. The number of carbonyl (C=O) groups is 1. The lowest BCUT2D eigenvalue weighted by Gasteiger charge is -2.14. The summed E-state index contributed by atoms with van der Waals surface area (Å²) < 4.78 is 6.73. The molecule has 6 nitrogen and oxygen atoms in total. The van der Waals surface area contributed by atoms with Crippen LogP contribution in [0.25, 0.3) is 21.3 Å². The first-order valence-corrected chi connectivity index (χ1v) is 8.98. The maximum atomic E-state index is 13.2. The number of hydrogen-bond acceptors (Lipinski definition) is 5. The van der Waals surface area contributed by atoms with Gasteiger partial charge in [-0.05, 0) is 39.8 Å². The molecule has 1 aromatic carbocycles. The number of benzene rings is 1. The van der Waals surface area contributed by atoms with Crippen LogP contribution in [0, 0.1) is 20.8 Å². The summed E-state index contributed by atoms with van der Waals surface area (Å²) in [7, 11) is 1.59. The Kier molecular flexibility index (Phi) is 4.58. The first kappa shape index (κ1) is 18.1. The molecule has 7 heteroatoms. The van der Waals surface area contributed by atoms with Gasteiger partial charge in [0.2, 0.25) is 0 Å². The minimum atomic E-state index is -1.07. The van der Waals surface area contributed by atoms with Gasteiger partial charge in [0.05, 0.1) is 12.5 Å². The minimum Gasteiger partial charge on any atom is -0.496 e. The van der Waals surface area contributed by atoms with E-state index in [-0.39, 0.29) is 5.56 Å². The summed E-state index contributed by atoms with van der Waals surface area (Å²) in [5, 5.41) is 9.80. The van der Waals surface area contributed by atoms with Crippen LogP contribution in [0.5, 0.6) is 5.75 Å². The summed E-state index contributed by atoms with van der Waals surface area (Å²) in [5.74, 6) is -0.0180. The summed E-state index contributed by atoms with van der Waals surface area (Å²) in [6, 6.07) is 4.79. The highest BCUT2D eigenvalue weighted by Crippen LogP contribution is 2.40. The largest absolute Gasteiger partial charge is 0.496 e. The molecule has 2 aromatic heterocycles. The molecular weight excluding hydrogens is 352 g/mol. The van der Waals surface area contributed by atoms with E-state index in [1.807, 2.05) is 32.0 Å². The summed E-state index contributed by atoms with van der Waals surface area (Å²) in [5.41, 5.74) is 2.27. The molecule has 3 rings (SSSR count). The molecule has 0 aliphatic rings. The first-order valence-electron chi connectivity index (χ1n) is 8.16. The molecule has 0 saturated heterocycles. The van der Waals surface area contributed by atoms with Crippen LogP contribution in [0.4, 0.5) is 0 Å². The van der Waals surface area contributed by atoms with Crippen LogP contribution in [-0.4, -0.2) is 27.7 Å². The Hall–Kier alpha value is -2.67. The van der Waals surface area contributed by atoms with Crippen molar-refractivity contribution < 1.29 is 14.6 Å². The van der Waals surface area contributed by atoms with Crippen LogP contribution >= 0.6 is 11.3 Å². The van der Waals surface area contributed by atoms with E-state index >= 15 is 0 Å². The number of thiophene rings is 1. The molecular formula is C19H20N2O4S. The number of rotatable bonds is 4. The Labute approximate surface area is 154 Å². The fraction of sp³-hybridized carbons (Fsp3) is 0.316. The average Bonchev–Trinajstić information content (AvgIpc) is 2.90. The van der Waals surface area contributed by atoms with Crippen molar-refractivity contribution in [3.05, 3.63) is 44.8 Å². The monoisotopic (exact) mass is 372 g/mol. The van der Waals surface area contributed by atoms with E-state index < -0.39 is 12.0 Å². The molecule has 0 amide bonds. The van der Waals surface area contributed by atoms with Gasteiger partial charge in [-0.15, -0.1) is 11.3 Å². The van der Waals surface area contributed by atoms with Gasteiger partial charge >= 0.3 is 5.97 Å². The zero-order valence-electron chi connectivity index (χ0n) is 15.3. The van der Waals surface area contributed by atoms with Crippen molar-refractivity contribution in [3.63, 3.8) is 0 Å². The van der Waals surface area contributed by atoms with E-state index in [0.29, 0.717) is 21.8 Å². The van der Waals surface area contributed by atoms with Gasteiger partial charge in [0.1, 0.15) is 22.4 Å². The molecule has 3 aromatic rings. The predicted molar refractivity (Wildman–Crippen MR) is 102 cm³/mol. The Morgan fingerprint density at radius 3 is 2.62 bits per heavy atom. The molecule has 0 bridgehead atoms. The molecule has 0 spiro atoms. The second kappa shape index (κ2) is 6.57. The molecule has 26 heavy (non-hydrogen) atoms. The van der Waals surface area contributed by atoms with Gasteiger partial charge in [-0.3, -0.25) is 9.36 Å². The number of aromatic nitrogens is 2. The van der Waals surface area contributed by atoms with E-state index in [2.05, 4.69) is 4.98 Å². The quantitative estimate of drug-likeness (QED) is 0.755. The fourth-order valence-corrected chi connectivity index (χ4v) is 4.26. The van der Waals surface area contributed by atoms with Crippen LogP contribution in [0.15, 0.2) is 23.0 Å². The number of aliphatic carboxylic acids is 1. The SMILES string of the molecule is COc1ccc(C)cc1-c1c(C)sc2nc(C)n(C(C)C(=O)O)c(=O)c12. The molecule has 1 unspecified atom stereocenters. The van der Waals surface area contributed by atoms with Crippen molar-refractivity contribution in [2.75, 3.05) is 7.11 Å². The number of fused-ring (bicyclic) bond motifs is 1. The summed E-state index contributed by atoms with van der Waals surface area (Å²) >= 11 is 1.43. The lowest BCUT2D eigenvalue weighted by molar-refractivity contribution is -0.140. The van der Waals surface area contributed by atoms with Crippen LogP contribution < -0.4 is 10.3 Å². The van der Waals surface area contributed by atoms with E-state index in [9.17, 15) is 14.7 Å². The van der Waals surface area contributed by atoms with Gasteiger partial charge in [-0.25, -0.2) is 9.78 Å². The molecule has 0 aliphatic carbocycles. The van der Waals surface area contributed by atoms with E-state index in [0.717, 1.165) is 21.6 Å². The van der Waals surface area contributed by atoms with Crippen LogP contribution in [0.2, 0.25) is 0 Å². The van der Waals surface area contributed by atoms with Gasteiger partial charge in [0, 0.05) is 16.0 Å². The lowest BCUT2D eigenvalue weighted by atomic mass is 10.0. The fourth-order valence-electron chi connectivity index (χ4n) is 3.18. The second-order valence-corrected chi connectivity index (χ2v) is 7.47. The number of carboxylic acids is 1. The number of hydrogen-bond donors (Lipinski definition) is 1. The first-order chi connectivity index (χ1) is 12.3. The summed E-state index contributed by atoms with van der Waals surface area (Å²) in [4.78, 5) is 30.7.